The first-order chi connectivity index (χ1) is 8.31. The van der Waals surface area contributed by atoms with Crippen molar-refractivity contribution in [2.24, 2.45) is 0 Å². The van der Waals surface area contributed by atoms with Crippen molar-refractivity contribution in [2.75, 3.05) is 12.0 Å². The summed E-state index contributed by atoms with van der Waals surface area (Å²) < 4.78 is 2.03. The monoisotopic (exact) mass is 245 g/mol. The molecule has 1 aromatic heterocycles. The summed E-state index contributed by atoms with van der Waals surface area (Å²) in [6.07, 6.45) is 5.44. The molecule has 17 heavy (non-hydrogen) atoms. The molecule has 1 aliphatic carbocycles. The van der Waals surface area contributed by atoms with Crippen LogP contribution in [0, 0.1) is 0 Å². The summed E-state index contributed by atoms with van der Waals surface area (Å²) in [5.41, 5.74) is 9.68. The maximum absolute atomic E-state index is 5.98. The number of rotatable bonds is 2. The first-order valence-electron chi connectivity index (χ1n) is 5.81. The van der Waals surface area contributed by atoms with Gasteiger partial charge in [0.1, 0.15) is 5.82 Å². The highest BCUT2D eigenvalue weighted by molar-refractivity contribution is 7.98. The number of nitrogen functional groups attached to an aromatic ring is 1. The van der Waals surface area contributed by atoms with Gasteiger partial charge in [-0.3, -0.25) is 0 Å². The molecule has 3 nitrogen and oxygen atoms in total. The molecule has 0 amide bonds. The molecule has 0 saturated heterocycles. The highest BCUT2D eigenvalue weighted by atomic mass is 32.2. The van der Waals surface area contributed by atoms with E-state index in [2.05, 4.69) is 29.6 Å². The van der Waals surface area contributed by atoms with Gasteiger partial charge in [0.05, 0.1) is 5.69 Å². The highest BCUT2D eigenvalue weighted by Crippen LogP contribution is 2.32. The van der Waals surface area contributed by atoms with Gasteiger partial charge < -0.3 is 5.73 Å². The number of nitrogens with two attached hydrogens (primary N) is 1. The zero-order valence-corrected chi connectivity index (χ0v) is 10.6. The average molecular weight is 245 g/mol. The summed E-state index contributed by atoms with van der Waals surface area (Å²) in [4.78, 5) is 1.24. The van der Waals surface area contributed by atoms with Gasteiger partial charge in [0.25, 0.3) is 0 Å². The molecule has 0 aliphatic heterocycles. The van der Waals surface area contributed by atoms with Crippen molar-refractivity contribution >= 4 is 17.6 Å². The number of para-hydroxylation sites is 1. The smallest absolute Gasteiger partial charge is 0.149 e. The molecular weight excluding hydrogens is 230 g/mol. The maximum atomic E-state index is 5.98. The highest BCUT2D eigenvalue weighted by Gasteiger charge is 2.22. The molecule has 1 aliphatic rings. The second-order valence-electron chi connectivity index (χ2n) is 4.25. The third kappa shape index (κ3) is 1.63. The quantitative estimate of drug-likeness (QED) is 0.827. The number of thioether (sulfide) groups is 1. The third-order valence-corrected chi connectivity index (χ3v) is 4.06. The van der Waals surface area contributed by atoms with Crippen LogP contribution >= 0.6 is 11.8 Å². The summed E-state index contributed by atoms with van der Waals surface area (Å²) >= 11 is 1.74. The number of nitrogens with zero attached hydrogens (tertiary/aromatic N) is 2. The molecule has 2 N–H and O–H groups in total. The summed E-state index contributed by atoms with van der Waals surface area (Å²) in [5, 5.41) is 4.49. The third-order valence-electron chi connectivity index (χ3n) is 3.27. The molecule has 3 rings (SSSR count). The molecule has 0 saturated carbocycles. The minimum Gasteiger partial charge on any atom is -0.382 e. The predicted octanol–water partition coefficient (Wildman–Crippen LogP) is 2.67. The van der Waals surface area contributed by atoms with E-state index in [1.165, 1.54) is 22.6 Å². The van der Waals surface area contributed by atoms with Crippen LogP contribution in [0.2, 0.25) is 0 Å². The SMILES string of the molecule is CSc1ccccc1-n1nc(N)c2c1CCC2. The Balaban J connectivity index is 2.19. The first-order valence-corrected chi connectivity index (χ1v) is 7.03. The van der Waals surface area contributed by atoms with Crippen LogP contribution in [0.25, 0.3) is 5.69 Å². The standard InChI is InChI=1S/C13H15N3S/c1-17-12-8-3-2-6-11(12)16-10-7-4-5-9(10)13(14)15-16/h2-3,6,8H,4-5,7H2,1H3,(H2,14,15). The Morgan fingerprint density at radius 3 is 2.94 bits per heavy atom. The zero-order valence-electron chi connectivity index (χ0n) is 9.81. The molecule has 0 unspecified atom stereocenters. The fourth-order valence-corrected chi connectivity index (χ4v) is 3.05. The van der Waals surface area contributed by atoms with Crippen LogP contribution in [0.3, 0.4) is 0 Å². The van der Waals surface area contributed by atoms with E-state index in [4.69, 9.17) is 5.73 Å². The first kappa shape index (κ1) is 10.7. The van der Waals surface area contributed by atoms with Crippen LogP contribution in [0.1, 0.15) is 17.7 Å². The summed E-state index contributed by atoms with van der Waals surface area (Å²) in [7, 11) is 0. The van der Waals surface area contributed by atoms with E-state index < -0.39 is 0 Å². The van der Waals surface area contributed by atoms with Crippen molar-refractivity contribution in [3.63, 3.8) is 0 Å². The van der Waals surface area contributed by atoms with Gasteiger partial charge >= 0.3 is 0 Å². The lowest BCUT2D eigenvalue weighted by Gasteiger charge is -2.09. The van der Waals surface area contributed by atoms with Gasteiger partial charge in [0, 0.05) is 16.2 Å². The normalized spacial score (nSPS) is 13.9. The van der Waals surface area contributed by atoms with Gasteiger partial charge in [-0.1, -0.05) is 12.1 Å². The van der Waals surface area contributed by atoms with E-state index >= 15 is 0 Å². The van der Waals surface area contributed by atoms with Crippen molar-refractivity contribution in [2.45, 2.75) is 24.2 Å². The van der Waals surface area contributed by atoms with Gasteiger partial charge in [-0.05, 0) is 37.7 Å². The van der Waals surface area contributed by atoms with Gasteiger partial charge in [-0.15, -0.1) is 11.8 Å². The van der Waals surface area contributed by atoms with Crippen molar-refractivity contribution in [3.05, 3.63) is 35.5 Å². The second kappa shape index (κ2) is 4.11. The lowest BCUT2D eigenvalue weighted by Crippen LogP contribution is -2.03. The Hall–Kier alpha value is -1.42. The van der Waals surface area contributed by atoms with E-state index in [9.17, 15) is 0 Å². The van der Waals surface area contributed by atoms with Crippen LogP contribution < -0.4 is 5.73 Å². The summed E-state index contributed by atoms with van der Waals surface area (Å²) in [6.45, 7) is 0. The fourth-order valence-electron chi connectivity index (χ4n) is 2.47. The van der Waals surface area contributed by atoms with E-state index in [-0.39, 0.29) is 0 Å². The van der Waals surface area contributed by atoms with Gasteiger partial charge in [0.15, 0.2) is 0 Å². The van der Waals surface area contributed by atoms with Crippen LogP contribution in [-0.2, 0) is 12.8 Å². The minimum absolute atomic E-state index is 0.702. The lowest BCUT2D eigenvalue weighted by molar-refractivity contribution is 0.779. The van der Waals surface area contributed by atoms with Gasteiger partial charge in [-0.25, -0.2) is 4.68 Å². The molecule has 4 heteroatoms. The molecule has 1 aromatic carbocycles. The Kier molecular flexibility index (Phi) is 2.59. The average Bonchev–Trinajstić information content (AvgIpc) is 2.94. The molecule has 2 aromatic rings. The molecule has 88 valence electrons. The Labute approximate surface area is 105 Å². The van der Waals surface area contributed by atoms with Gasteiger partial charge in [-0.2, -0.15) is 5.10 Å². The topological polar surface area (TPSA) is 43.8 Å². The number of aromatic nitrogens is 2. The maximum Gasteiger partial charge on any atom is 0.149 e. The van der Waals surface area contributed by atoms with Crippen molar-refractivity contribution in [1.29, 1.82) is 0 Å². The molecule has 0 bridgehead atoms. The van der Waals surface area contributed by atoms with E-state index in [1.807, 2.05) is 10.7 Å². The zero-order chi connectivity index (χ0) is 11.8. The molecular formula is C13H15N3S. The summed E-state index contributed by atoms with van der Waals surface area (Å²) in [6, 6.07) is 8.34. The number of fused-ring (bicyclic) bond motifs is 1. The van der Waals surface area contributed by atoms with Crippen molar-refractivity contribution in [3.8, 4) is 5.69 Å². The van der Waals surface area contributed by atoms with Crippen LogP contribution in [-0.4, -0.2) is 16.0 Å². The molecule has 0 fully saturated rings. The van der Waals surface area contributed by atoms with E-state index in [0.29, 0.717) is 5.82 Å². The Morgan fingerprint density at radius 2 is 2.12 bits per heavy atom. The summed E-state index contributed by atoms with van der Waals surface area (Å²) in [5.74, 6) is 0.702. The predicted molar refractivity (Wildman–Crippen MR) is 71.8 cm³/mol. The van der Waals surface area contributed by atoms with Crippen LogP contribution in [0.5, 0.6) is 0 Å². The van der Waals surface area contributed by atoms with Crippen LogP contribution in [0.4, 0.5) is 5.82 Å². The van der Waals surface area contributed by atoms with Crippen molar-refractivity contribution < 1.29 is 0 Å². The molecule has 1 heterocycles. The number of anilines is 1. The van der Waals surface area contributed by atoms with E-state index in [1.54, 1.807) is 11.8 Å². The minimum atomic E-state index is 0.702. The molecule has 0 atom stereocenters. The fraction of sp³-hybridized carbons (Fsp3) is 0.308. The Morgan fingerprint density at radius 1 is 1.29 bits per heavy atom. The molecule has 0 radical (unpaired) electrons. The van der Waals surface area contributed by atoms with E-state index in [0.717, 1.165) is 18.5 Å². The largest absolute Gasteiger partial charge is 0.382 e. The number of hydrogen-bond donors (Lipinski definition) is 1. The number of hydrogen-bond acceptors (Lipinski definition) is 3. The molecule has 0 spiro atoms. The van der Waals surface area contributed by atoms with Crippen molar-refractivity contribution in [1.82, 2.24) is 9.78 Å². The van der Waals surface area contributed by atoms with Gasteiger partial charge in [0.2, 0.25) is 0 Å². The Bertz CT molecular complexity index is 560. The number of benzene rings is 1. The second-order valence-corrected chi connectivity index (χ2v) is 5.10. The lowest BCUT2D eigenvalue weighted by atomic mass is 10.2. The van der Waals surface area contributed by atoms with Crippen LogP contribution in [0.15, 0.2) is 29.2 Å².